The average Bonchev–Trinajstić information content (AvgIpc) is 3.55. The molecule has 4 heterocycles. The van der Waals surface area contributed by atoms with Gasteiger partial charge in [-0.05, 0) is 119 Å². The fourth-order valence-corrected chi connectivity index (χ4v) is 9.81. The molecule has 9 aromatic carbocycles. The molecular weight excluding hydrogens is 983 g/mol. The lowest BCUT2D eigenvalue weighted by atomic mass is 10.0. The van der Waals surface area contributed by atoms with E-state index in [9.17, 15) is 0 Å². The van der Waals surface area contributed by atoms with Crippen molar-refractivity contribution in [3.8, 4) is 90.1 Å². The molecule has 0 atom stereocenters. The van der Waals surface area contributed by atoms with Gasteiger partial charge in [0.25, 0.3) is 0 Å². The summed E-state index contributed by atoms with van der Waals surface area (Å²) in [6, 6.07) is 81.5. The second-order valence-corrected chi connectivity index (χ2v) is 18.9. The monoisotopic (exact) mass is 1030 g/mol. The van der Waals surface area contributed by atoms with E-state index in [1.54, 1.807) is 24.8 Å². The van der Waals surface area contributed by atoms with Crippen LogP contribution in [0.3, 0.4) is 0 Å². The molecule has 13 aromatic rings. The first kappa shape index (κ1) is 48.5. The standard InChI is InChI=1S/C69H47N11/c1-4-21-60(22-5-1)79(61-23-6-2-7-24-61)63-32-28-48(29-33-63)49-30-34-64(35-31-49)80(62-25-8-3-9-26-62)65-27-13-20-56(39-65)66-74-44-59(45-75-66)52-16-12-19-55(38-52)69-77-67(53-17-10-14-50(36-53)57-40-70-46-71-41-57)76-68(78-69)54-18-11-15-51(37-54)58-42-72-47-73-43-58/h1-47H. The molecule has 4 aromatic heterocycles. The van der Waals surface area contributed by atoms with E-state index in [2.05, 4.69) is 175 Å². The number of rotatable bonds is 14. The Morgan fingerprint density at radius 2 is 0.500 bits per heavy atom. The van der Waals surface area contributed by atoms with E-state index in [1.165, 1.54) is 12.7 Å². The first-order chi connectivity index (χ1) is 39.6. The Labute approximate surface area is 463 Å². The minimum absolute atomic E-state index is 0.518. The predicted octanol–water partition coefficient (Wildman–Crippen LogP) is 16.5. The van der Waals surface area contributed by atoms with Gasteiger partial charge in [0, 0.05) is 110 Å². The van der Waals surface area contributed by atoms with Gasteiger partial charge in [0.1, 0.15) is 12.7 Å². The summed E-state index contributed by atoms with van der Waals surface area (Å²) in [5.74, 6) is 2.18. The molecule has 0 unspecified atom stereocenters. The molecule has 0 aliphatic carbocycles. The lowest BCUT2D eigenvalue weighted by Crippen LogP contribution is -2.10. The van der Waals surface area contributed by atoms with E-state index in [4.69, 9.17) is 24.9 Å². The normalized spacial score (nSPS) is 11.0. The largest absolute Gasteiger partial charge is 0.311 e. The zero-order valence-corrected chi connectivity index (χ0v) is 43.1. The molecule has 378 valence electrons. The van der Waals surface area contributed by atoms with E-state index in [0.29, 0.717) is 23.3 Å². The van der Waals surface area contributed by atoms with E-state index < -0.39 is 0 Å². The summed E-state index contributed by atoms with van der Waals surface area (Å²) in [4.78, 5) is 46.7. The SMILES string of the molecule is c1ccc(N(c2ccccc2)c2ccc(-c3ccc(N(c4ccccc4)c4cccc(-c5ncc(-c6cccc(-c7nc(-c8cccc(-c9cncnc9)c8)nc(-c8cccc(-c9cncnc9)c8)n7)c6)cn5)c4)cc3)cc2)cc1. The Morgan fingerprint density at radius 3 is 0.887 bits per heavy atom. The molecule has 11 heteroatoms. The Morgan fingerprint density at radius 1 is 0.200 bits per heavy atom. The minimum Gasteiger partial charge on any atom is -0.311 e. The maximum atomic E-state index is 5.10. The van der Waals surface area contributed by atoms with Crippen LogP contribution in [-0.2, 0) is 0 Å². The summed E-state index contributed by atoms with van der Waals surface area (Å²) in [6.07, 6.45) is 14.0. The predicted molar refractivity (Wildman–Crippen MR) is 319 cm³/mol. The zero-order valence-electron chi connectivity index (χ0n) is 43.1. The molecule has 11 nitrogen and oxygen atoms in total. The Bertz CT molecular complexity index is 4070. The van der Waals surface area contributed by atoms with Crippen LogP contribution in [0.5, 0.6) is 0 Å². The van der Waals surface area contributed by atoms with Crippen molar-refractivity contribution in [2.24, 2.45) is 0 Å². The molecule has 0 fully saturated rings. The van der Waals surface area contributed by atoms with Crippen LogP contribution in [0.4, 0.5) is 34.1 Å². The van der Waals surface area contributed by atoms with E-state index in [0.717, 1.165) is 101 Å². The van der Waals surface area contributed by atoms with Crippen molar-refractivity contribution in [2.75, 3.05) is 9.80 Å². The molecule has 0 bridgehead atoms. The van der Waals surface area contributed by atoms with Crippen LogP contribution in [0.25, 0.3) is 90.1 Å². The maximum Gasteiger partial charge on any atom is 0.164 e. The number of anilines is 6. The molecule has 80 heavy (non-hydrogen) atoms. The summed E-state index contributed by atoms with van der Waals surface area (Å²) in [5.41, 5.74) is 17.4. The number of hydrogen-bond donors (Lipinski definition) is 0. The van der Waals surface area contributed by atoms with Crippen LogP contribution >= 0.6 is 0 Å². The number of benzene rings is 9. The minimum atomic E-state index is 0.518. The number of para-hydroxylation sites is 3. The second-order valence-electron chi connectivity index (χ2n) is 18.9. The molecule has 0 amide bonds. The van der Waals surface area contributed by atoms with Crippen molar-refractivity contribution in [1.29, 1.82) is 0 Å². The third-order valence-corrected chi connectivity index (χ3v) is 13.8. The smallest absolute Gasteiger partial charge is 0.164 e. The van der Waals surface area contributed by atoms with Gasteiger partial charge in [0.05, 0.1) is 0 Å². The van der Waals surface area contributed by atoms with Crippen molar-refractivity contribution in [3.63, 3.8) is 0 Å². The average molecular weight is 1030 g/mol. The van der Waals surface area contributed by atoms with Crippen molar-refractivity contribution in [3.05, 3.63) is 286 Å². The maximum absolute atomic E-state index is 5.10. The van der Waals surface area contributed by atoms with Gasteiger partial charge in [-0.25, -0.2) is 44.9 Å². The third kappa shape index (κ3) is 10.4. The summed E-state index contributed by atoms with van der Waals surface area (Å²) in [7, 11) is 0. The van der Waals surface area contributed by atoms with E-state index in [1.807, 2.05) is 103 Å². The van der Waals surface area contributed by atoms with Crippen molar-refractivity contribution >= 4 is 34.1 Å². The van der Waals surface area contributed by atoms with Crippen LogP contribution < -0.4 is 9.80 Å². The lowest BCUT2D eigenvalue weighted by Gasteiger charge is -2.26. The highest BCUT2D eigenvalue weighted by Gasteiger charge is 2.18. The molecular formula is C69H47N11. The summed E-state index contributed by atoms with van der Waals surface area (Å²) < 4.78 is 0. The first-order valence-electron chi connectivity index (χ1n) is 26.1. The highest BCUT2D eigenvalue weighted by molar-refractivity contribution is 5.83. The van der Waals surface area contributed by atoms with Crippen LogP contribution in [0, 0.1) is 0 Å². The van der Waals surface area contributed by atoms with Gasteiger partial charge in [-0.2, -0.15) is 0 Å². The molecule has 0 aliphatic rings. The quantitative estimate of drug-likeness (QED) is 0.103. The molecule has 0 saturated carbocycles. The van der Waals surface area contributed by atoms with Gasteiger partial charge in [-0.3, -0.25) is 0 Å². The first-order valence-corrected chi connectivity index (χ1v) is 26.1. The van der Waals surface area contributed by atoms with Crippen LogP contribution in [0.2, 0.25) is 0 Å². The van der Waals surface area contributed by atoms with Crippen molar-refractivity contribution in [1.82, 2.24) is 44.9 Å². The van der Waals surface area contributed by atoms with Gasteiger partial charge in [-0.1, -0.05) is 146 Å². The van der Waals surface area contributed by atoms with Gasteiger partial charge in [-0.15, -0.1) is 0 Å². The molecule has 13 rings (SSSR count). The summed E-state index contributed by atoms with van der Waals surface area (Å²) in [6.45, 7) is 0. The van der Waals surface area contributed by atoms with Gasteiger partial charge in [0.15, 0.2) is 23.3 Å². The lowest BCUT2D eigenvalue weighted by molar-refractivity contribution is 1.07. The van der Waals surface area contributed by atoms with Gasteiger partial charge >= 0.3 is 0 Å². The Hall–Kier alpha value is -11.2. The molecule has 0 radical (unpaired) electrons. The number of aromatic nitrogens is 9. The van der Waals surface area contributed by atoms with Crippen molar-refractivity contribution in [2.45, 2.75) is 0 Å². The number of nitrogens with zero attached hydrogens (tertiary/aromatic N) is 11. The summed E-state index contributed by atoms with van der Waals surface area (Å²) >= 11 is 0. The topological polar surface area (TPSA) is 122 Å². The number of hydrogen-bond acceptors (Lipinski definition) is 11. The van der Waals surface area contributed by atoms with E-state index in [-0.39, 0.29) is 0 Å². The molecule has 0 spiro atoms. The highest BCUT2D eigenvalue weighted by atomic mass is 15.1. The van der Waals surface area contributed by atoms with Crippen LogP contribution in [-0.4, -0.2) is 44.9 Å². The fraction of sp³-hybridized carbons (Fsp3) is 0. The van der Waals surface area contributed by atoms with Gasteiger partial charge in [0.2, 0.25) is 0 Å². The van der Waals surface area contributed by atoms with E-state index >= 15 is 0 Å². The fourth-order valence-electron chi connectivity index (χ4n) is 9.81. The van der Waals surface area contributed by atoms with Crippen LogP contribution in [0.15, 0.2) is 286 Å². The summed E-state index contributed by atoms with van der Waals surface area (Å²) in [5, 5.41) is 0. The zero-order chi connectivity index (χ0) is 53.5. The highest BCUT2D eigenvalue weighted by Crippen LogP contribution is 2.39. The van der Waals surface area contributed by atoms with Gasteiger partial charge < -0.3 is 9.80 Å². The Kier molecular flexibility index (Phi) is 13.4. The molecule has 0 saturated heterocycles. The molecule has 0 N–H and O–H groups in total. The van der Waals surface area contributed by atoms with Crippen LogP contribution in [0.1, 0.15) is 0 Å². The third-order valence-electron chi connectivity index (χ3n) is 13.8. The second kappa shape index (κ2) is 22.2. The Balaban J connectivity index is 0.785. The molecule has 0 aliphatic heterocycles. The van der Waals surface area contributed by atoms with Crippen molar-refractivity contribution < 1.29 is 0 Å².